The van der Waals surface area contributed by atoms with E-state index in [2.05, 4.69) is 17.2 Å². The first-order valence-corrected chi connectivity index (χ1v) is 5.89. The van der Waals surface area contributed by atoms with E-state index in [4.69, 9.17) is 5.11 Å². The number of hydrogen-bond acceptors (Lipinski definition) is 2. The van der Waals surface area contributed by atoms with Crippen LogP contribution in [-0.4, -0.2) is 30.3 Å². The molecule has 1 amide bonds. The Morgan fingerprint density at radius 2 is 2.10 bits per heavy atom. The highest BCUT2D eigenvalue weighted by Gasteiger charge is 2.26. The average Bonchev–Trinajstić information content (AvgIpc) is 2.34. The third-order valence-electron chi connectivity index (χ3n) is 2.42. The lowest BCUT2D eigenvalue weighted by Gasteiger charge is -2.09. The Morgan fingerprint density at radius 3 is 2.70 bits per heavy atom. The van der Waals surface area contributed by atoms with Crippen LogP contribution in [-0.2, 0) is 0 Å². The number of aryl methyl sites for hydroxylation is 1. The molecule has 2 N–H and O–H groups in total. The summed E-state index contributed by atoms with van der Waals surface area (Å²) in [5.41, 5.74) is 1.43. The summed E-state index contributed by atoms with van der Waals surface area (Å²) in [6, 6.07) is 4.81. The molecular weight excluding hydrogens is 271 g/mol. The number of halogens is 3. The van der Waals surface area contributed by atoms with Crippen molar-refractivity contribution in [3.05, 3.63) is 34.9 Å². The molecule has 1 rings (SSSR count). The molecular formula is C14H14F3NO2. The van der Waals surface area contributed by atoms with Gasteiger partial charge >= 0.3 is 6.18 Å². The number of nitrogens with one attached hydrogen (secondary N) is 1. The minimum absolute atomic E-state index is 0.193. The zero-order valence-corrected chi connectivity index (χ0v) is 10.8. The molecule has 0 unspecified atom stereocenters. The maximum atomic E-state index is 12.0. The largest absolute Gasteiger partial charge is 0.390 e. The Morgan fingerprint density at radius 1 is 1.40 bits per heavy atom. The van der Waals surface area contributed by atoms with Gasteiger partial charge < -0.3 is 10.4 Å². The van der Waals surface area contributed by atoms with Gasteiger partial charge in [0.2, 0.25) is 0 Å². The SMILES string of the molecule is Cc1ccc(C(=O)NCCC(F)(F)F)c(C#CCO)c1. The van der Waals surface area contributed by atoms with Gasteiger partial charge in [-0.25, -0.2) is 0 Å². The number of benzene rings is 1. The summed E-state index contributed by atoms with van der Waals surface area (Å²) in [6.45, 7) is 0.960. The van der Waals surface area contributed by atoms with E-state index in [0.717, 1.165) is 5.56 Å². The molecule has 0 aliphatic carbocycles. The van der Waals surface area contributed by atoms with Gasteiger partial charge in [0.1, 0.15) is 6.61 Å². The molecule has 0 fully saturated rings. The third-order valence-corrected chi connectivity index (χ3v) is 2.42. The van der Waals surface area contributed by atoms with E-state index in [1.165, 1.54) is 6.07 Å². The number of carbonyl (C=O) groups is 1. The smallest absolute Gasteiger partial charge is 0.384 e. The van der Waals surface area contributed by atoms with Gasteiger partial charge in [0.25, 0.3) is 5.91 Å². The Hall–Kier alpha value is -2.00. The summed E-state index contributed by atoms with van der Waals surface area (Å²) in [7, 11) is 0. The second-order valence-electron chi connectivity index (χ2n) is 4.13. The fourth-order valence-corrected chi connectivity index (χ4v) is 1.51. The van der Waals surface area contributed by atoms with Gasteiger partial charge in [-0.15, -0.1) is 0 Å². The van der Waals surface area contributed by atoms with Crippen molar-refractivity contribution in [3.8, 4) is 11.8 Å². The molecule has 20 heavy (non-hydrogen) atoms. The first kappa shape index (κ1) is 16.1. The molecule has 3 nitrogen and oxygen atoms in total. The zero-order chi connectivity index (χ0) is 15.2. The number of carbonyl (C=O) groups excluding carboxylic acids is 1. The minimum atomic E-state index is -4.31. The second-order valence-corrected chi connectivity index (χ2v) is 4.13. The molecule has 0 aromatic heterocycles. The van der Waals surface area contributed by atoms with Crippen LogP contribution in [0.3, 0.4) is 0 Å². The lowest BCUT2D eigenvalue weighted by Crippen LogP contribution is -2.28. The van der Waals surface area contributed by atoms with Crippen LogP contribution >= 0.6 is 0 Å². The van der Waals surface area contributed by atoms with Crippen molar-refractivity contribution in [2.45, 2.75) is 19.5 Å². The van der Waals surface area contributed by atoms with Gasteiger partial charge in [0.05, 0.1) is 12.0 Å². The van der Waals surface area contributed by atoms with E-state index in [9.17, 15) is 18.0 Å². The van der Waals surface area contributed by atoms with E-state index in [1.807, 2.05) is 0 Å². The summed E-state index contributed by atoms with van der Waals surface area (Å²) in [5, 5.41) is 10.9. The van der Waals surface area contributed by atoms with Gasteiger partial charge in [0, 0.05) is 12.1 Å². The average molecular weight is 285 g/mol. The van der Waals surface area contributed by atoms with Crippen molar-refractivity contribution in [2.75, 3.05) is 13.2 Å². The normalized spacial score (nSPS) is 10.7. The predicted octanol–water partition coefficient (Wildman–Crippen LogP) is 2.02. The standard InChI is InChI=1S/C14H14F3NO2/c1-10-4-5-12(11(9-10)3-2-8-19)13(20)18-7-6-14(15,16)17/h4-5,9,19H,6-8H2,1H3,(H,18,20). The van der Waals surface area contributed by atoms with Crippen LogP contribution in [0.1, 0.15) is 27.9 Å². The number of rotatable bonds is 3. The first-order valence-electron chi connectivity index (χ1n) is 5.89. The topological polar surface area (TPSA) is 49.3 Å². The minimum Gasteiger partial charge on any atom is -0.384 e. The van der Waals surface area contributed by atoms with Crippen molar-refractivity contribution in [3.63, 3.8) is 0 Å². The monoisotopic (exact) mass is 285 g/mol. The van der Waals surface area contributed by atoms with E-state index in [0.29, 0.717) is 5.56 Å². The summed E-state index contributed by atoms with van der Waals surface area (Å²) in [6.07, 6.45) is -5.39. The summed E-state index contributed by atoms with van der Waals surface area (Å²) < 4.78 is 36.0. The molecule has 0 spiro atoms. The van der Waals surface area contributed by atoms with Gasteiger partial charge in [0.15, 0.2) is 0 Å². The molecule has 108 valence electrons. The van der Waals surface area contributed by atoms with E-state index < -0.39 is 25.0 Å². The van der Waals surface area contributed by atoms with Crippen LogP contribution in [0.2, 0.25) is 0 Å². The van der Waals surface area contributed by atoms with Crippen LogP contribution in [0.5, 0.6) is 0 Å². The maximum absolute atomic E-state index is 12.0. The molecule has 0 bridgehead atoms. The number of amides is 1. The molecule has 0 aliphatic heterocycles. The first-order chi connectivity index (χ1) is 9.33. The van der Waals surface area contributed by atoms with Crippen LogP contribution < -0.4 is 5.32 Å². The van der Waals surface area contributed by atoms with Crippen molar-refractivity contribution >= 4 is 5.91 Å². The van der Waals surface area contributed by atoms with E-state index in [1.54, 1.807) is 19.1 Å². The summed E-state index contributed by atoms with van der Waals surface area (Å²) >= 11 is 0. The molecule has 0 heterocycles. The number of aliphatic hydroxyl groups is 1. The van der Waals surface area contributed by atoms with Crippen LogP contribution in [0.4, 0.5) is 13.2 Å². The van der Waals surface area contributed by atoms with Crippen LogP contribution in [0, 0.1) is 18.8 Å². The van der Waals surface area contributed by atoms with Gasteiger partial charge in [-0.05, 0) is 24.6 Å². The molecule has 0 saturated heterocycles. The predicted molar refractivity (Wildman–Crippen MR) is 68.1 cm³/mol. The van der Waals surface area contributed by atoms with Gasteiger partial charge in [-0.1, -0.05) is 17.9 Å². The second kappa shape index (κ2) is 6.96. The molecule has 1 aromatic carbocycles. The molecule has 1 aromatic rings. The molecule has 0 saturated carbocycles. The Bertz CT molecular complexity index is 542. The zero-order valence-electron chi connectivity index (χ0n) is 10.8. The molecule has 0 atom stereocenters. The summed E-state index contributed by atoms with van der Waals surface area (Å²) in [4.78, 5) is 11.8. The van der Waals surface area contributed by atoms with Crippen molar-refractivity contribution < 1.29 is 23.1 Å². The highest BCUT2D eigenvalue weighted by Crippen LogP contribution is 2.18. The van der Waals surface area contributed by atoms with Crippen LogP contribution in [0.25, 0.3) is 0 Å². The number of aliphatic hydroxyl groups excluding tert-OH is 1. The molecule has 0 radical (unpaired) electrons. The van der Waals surface area contributed by atoms with Crippen molar-refractivity contribution in [1.29, 1.82) is 0 Å². The highest BCUT2D eigenvalue weighted by molar-refractivity contribution is 5.96. The van der Waals surface area contributed by atoms with Gasteiger partial charge in [-0.3, -0.25) is 4.79 Å². The number of hydrogen-bond donors (Lipinski definition) is 2. The fraction of sp³-hybridized carbons (Fsp3) is 0.357. The number of alkyl halides is 3. The fourth-order valence-electron chi connectivity index (χ4n) is 1.51. The summed E-state index contributed by atoms with van der Waals surface area (Å²) in [5.74, 6) is 4.41. The molecule has 0 aliphatic rings. The van der Waals surface area contributed by atoms with Crippen LogP contribution in [0.15, 0.2) is 18.2 Å². The highest BCUT2D eigenvalue weighted by atomic mass is 19.4. The maximum Gasteiger partial charge on any atom is 0.390 e. The lowest BCUT2D eigenvalue weighted by atomic mass is 10.0. The Balaban J connectivity index is 2.82. The molecule has 6 heteroatoms. The van der Waals surface area contributed by atoms with Crippen molar-refractivity contribution in [2.24, 2.45) is 0 Å². The van der Waals surface area contributed by atoms with Gasteiger partial charge in [-0.2, -0.15) is 13.2 Å². The third kappa shape index (κ3) is 5.33. The Kier molecular flexibility index (Phi) is 5.59. The Labute approximate surface area is 114 Å². The van der Waals surface area contributed by atoms with Crippen molar-refractivity contribution in [1.82, 2.24) is 5.32 Å². The lowest BCUT2D eigenvalue weighted by molar-refractivity contribution is -0.132. The van der Waals surface area contributed by atoms with E-state index in [-0.39, 0.29) is 12.2 Å². The van der Waals surface area contributed by atoms with E-state index >= 15 is 0 Å². The quantitative estimate of drug-likeness (QED) is 0.835.